The average Bonchev–Trinajstić information content (AvgIpc) is 2.62. The Morgan fingerprint density at radius 1 is 0.792 bits per heavy atom. The predicted octanol–water partition coefficient (Wildman–Crippen LogP) is 3.40. The SMILES string of the molecule is Clc1cccnc1NCCNCCNc1cccc2cccnc12. The topological polar surface area (TPSA) is 61.9 Å². The summed E-state index contributed by atoms with van der Waals surface area (Å²) in [5.74, 6) is 0.723. The maximum Gasteiger partial charge on any atom is 0.144 e. The second kappa shape index (κ2) is 8.47. The maximum absolute atomic E-state index is 6.04. The van der Waals surface area contributed by atoms with Crippen LogP contribution in [0.2, 0.25) is 5.02 Å². The van der Waals surface area contributed by atoms with Crippen molar-refractivity contribution in [2.75, 3.05) is 36.8 Å². The highest BCUT2D eigenvalue weighted by Crippen LogP contribution is 2.20. The van der Waals surface area contributed by atoms with Crippen molar-refractivity contribution in [1.82, 2.24) is 15.3 Å². The molecule has 0 aliphatic carbocycles. The van der Waals surface area contributed by atoms with E-state index in [2.05, 4.69) is 44.1 Å². The Hall–Kier alpha value is -2.37. The number of halogens is 1. The molecule has 24 heavy (non-hydrogen) atoms. The lowest BCUT2D eigenvalue weighted by Gasteiger charge is -2.10. The summed E-state index contributed by atoms with van der Waals surface area (Å²) in [6.07, 6.45) is 3.55. The molecule has 0 spiro atoms. The van der Waals surface area contributed by atoms with Crippen LogP contribution in [0.25, 0.3) is 10.9 Å². The van der Waals surface area contributed by atoms with Gasteiger partial charge >= 0.3 is 0 Å². The van der Waals surface area contributed by atoms with E-state index in [-0.39, 0.29) is 0 Å². The van der Waals surface area contributed by atoms with Crippen LogP contribution in [0.3, 0.4) is 0 Å². The summed E-state index contributed by atoms with van der Waals surface area (Å²) in [6.45, 7) is 3.30. The molecule has 0 saturated carbocycles. The lowest BCUT2D eigenvalue weighted by atomic mass is 10.2. The molecule has 0 saturated heterocycles. The molecule has 3 aromatic rings. The molecule has 0 radical (unpaired) electrons. The first-order valence-electron chi connectivity index (χ1n) is 7.97. The van der Waals surface area contributed by atoms with Crippen molar-refractivity contribution in [3.8, 4) is 0 Å². The van der Waals surface area contributed by atoms with Crippen molar-refractivity contribution in [3.05, 3.63) is 59.9 Å². The van der Waals surface area contributed by atoms with Gasteiger partial charge in [0.05, 0.1) is 16.2 Å². The first-order chi connectivity index (χ1) is 11.8. The number of aromatic nitrogens is 2. The van der Waals surface area contributed by atoms with Gasteiger partial charge in [0, 0.05) is 44.0 Å². The Labute approximate surface area is 146 Å². The monoisotopic (exact) mass is 341 g/mol. The molecular weight excluding hydrogens is 322 g/mol. The van der Waals surface area contributed by atoms with Crippen LogP contribution in [-0.2, 0) is 0 Å². The number of nitrogens with zero attached hydrogens (tertiary/aromatic N) is 2. The second-order valence-electron chi connectivity index (χ2n) is 5.32. The molecule has 0 unspecified atom stereocenters. The number of nitrogens with one attached hydrogen (secondary N) is 3. The van der Waals surface area contributed by atoms with Gasteiger partial charge in [0.15, 0.2) is 0 Å². The third-order valence-corrected chi connectivity index (χ3v) is 3.91. The van der Waals surface area contributed by atoms with E-state index in [4.69, 9.17) is 11.6 Å². The zero-order chi connectivity index (χ0) is 16.6. The zero-order valence-electron chi connectivity index (χ0n) is 13.3. The smallest absolute Gasteiger partial charge is 0.144 e. The van der Waals surface area contributed by atoms with Gasteiger partial charge < -0.3 is 16.0 Å². The Morgan fingerprint density at radius 3 is 2.42 bits per heavy atom. The lowest BCUT2D eigenvalue weighted by Crippen LogP contribution is -2.27. The molecule has 1 aromatic carbocycles. The van der Waals surface area contributed by atoms with Crippen LogP contribution in [0.5, 0.6) is 0 Å². The van der Waals surface area contributed by atoms with Crippen LogP contribution in [-0.4, -0.2) is 36.1 Å². The van der Waals surface area contributed by atoms with Crippen molar-refractivity contribution < 1.29 is 0 Å². The number of para-hydroxylation sites is 1. The largest absolute Gasteiger partial charge is 0.382 e. The maximum atomic E-state index is 6.04. The molecule has 0 amide bonds. The Balaban J connectivity index is 1.37. The van der Waals surface area contributed by atoms with E-state index in [1.807, 2.05) is 30.5 Å². The minimum atomic E-state index is 0.641. The van der Waals surface area contributed by atoms with E-state index in [9.17, 15) is 0 Å². The van der Waals surface area contributed by atoms with Gasteiger partial charge in [-0.15, -0.1) is 0 Å². The van der Waals surface area contributed by atoms with E-state index in [0.29, 0.717) is 5.02 Å². The fraction of sp³-hybridized carbons (Fsp3) is 0.222. The van der Waals surface area contributed by atoms with Gasteiger partial charge in [-0.1, -0.05) is 29.8 Å². The normalized spacial score (nSPS) is 10.7. The predicted molar refractivity (Wildman–Crippen MR) is 101 cm³/mol. The minimum absolute atomic E-state index is 0.641. The number of anilines is 2. The molecule has 0 aliphatic heterocycles. The summed E-state index contributed by atoms with van der Waals surface area (Å²) < 4.78 is 0. The molecule has 124 valence electrons. The molecule has 2 heterocycles. The summed E-state index contributed by atoms with van der Waals surface area (Å²) in [6, 6.07) is 13.8. The third-order valence-electron chi connectivity index (χ3n) is 3.60. The van der Waals surface area contributed by atoms with Crippen LogP contribution in [0.4, 0.5) is 11.5 Å². The summed E-state index contributed by atoms with van der Waals surface area (Å²) in [5.41, 5.74) is 2.07. The number of rotatable bonds is 8. The lowest BCUT2D eigenvalue weighted by molar-refractivity contribution is 0.718. The first kappa shape index (κ1) is 16.5. The fourth-order valence-electron chi connectivity index (χ4n) is 2.44. The fourth-order valence-corrected chi connectivity index (χ4v) is 2.63. The number of fused-ring (bicyclic) bond motifs is 1. The van der Waals surface area contributed by atoms with Crippen molar-refractivity contribution in [3.63, 3.8) is 0 Å². The Bertz CT molecular complexity index is 788. The quantitative estimate of drug-likeness (QED) is 0.548. The molecule has 6 heteroatoms. The molecule has 0 bridgehead atoms. The molecule has 0 atom stereocenters. The molecule has 3 rings (SSSR count). The van der Waals surface area contributed by atoms with Gasteiger partial charge in [0.25, 0.3) is 0 Å². The standard InChI is InChI=1S/C18H20ClN5/c19-15-6-3-9-23-18(15)24-13-11-20-10-12-21-16-7-1-4-14-5-2-8-22-17(14)16/h1-9,20-21H,10-13H2,(H,23,24). The summed E-state index contributed by atoms with van der Waals surface area (Å²) in [7, 11) is 0. The molecule has 3 N–H and O–H groups in total. The van der Waals surface area contributed by atoms with Crippen molar-refractivity contribution in [1.29, 1.82) is 0 Å². The summed E-state index contributed by atoms with van der Waals surface area (Å²) in [4.78, 5) is 8.63. The van der Waals surface area contributed by atoms with Gasteiger partial charge in [-0.3, -0.25) is 4.98 Å². The number of pyridine rings is 2. The number of hydrogen-bond acceptors (Lipinski definition) is 5. The van der Waals surface area contributed by atoms with E-state index in [1.165, 1.54) is 0 Å². The summed E-state index contributed by atoms with van der Waals surface area (Å²) in [5, 5.41) is 11.8. The van der Waals surface area contributed by atoms with Crippen LogP contribution in [0.15, 0.2) is 54.9 Å². The first-order valence-corrected chi connectivity index (χ1v) is 8.35. The molecule has 0 fully saturated rings. The highest BCUT2D eigenvalue weighted by Gasteiger charge is 2.01. The van der Waals surface area contributed by atoms with E-state index in [1.54, 1.807) is 6.20 Å². The molecule has 5 nitrogen and oxygen atoms in total. The van der Waals surface area contributed by atoms with Crippen LogP contribution >= 0.6 is 11.6 Å². The third kappa shape index (κ3) is 4.34. The Kier molecular flexibility index (Phi) is 5.82. The van der Waals surface area contributed by atoms with E-state index < -0.39 is 0 Å². The average molecular weight is 342 g/mol. The van der Waals surface area contributed by atoms with Gasteiger partial charge in [-0.25, -0.2) is 4.98 Å². The second-order valence-corrected chi connectivity index (χ2v) is 5.73. The highest BCUT2D eigenvalue weighted by molar-refractivity contribution is 6.32. The highest BCUT2D eigenvalue weighted by atomic mass is 35.5. The van der Waals surface area contributed by atoms with Crippen molar-refractivity contribution in [2.45, 2.75) is 0 Å². The number of hydrogen-bond donors (Lipinski definition) is 3. The van der Waals surface area contributed by atoms with E-state index in [0.717, 1.165) is 48.6 Å². The van der Waals surface area contributed by atoms with Crippen LogP contribution in [0.1, 0.15) is 0 Å². The minimum Gasteiger partial charge on any atom is -0.382 e. The van der Waals surface area contributed by atoms with Gasteiger partial charge in [-0.05, 0) is 24.3 Å². The van der Waals surface area contributed by atoms with Crippen LogP contribution in [0, 0.1) is 0 Å². The van der Waals surface area contributed by atoms with Gasteiger partial charge in [-0.2, -0.15) is 0 Å². The number of benzene rings is 1. The van der Waals surface area contributed by atoms with Crippen LogP contribution < -0.4 is 16.0 Å². The van der Waals surface area contributed by atoms with Crippen molar-refractivity contribution in [2.24, 2.45) is 0 Å². The van der Waals surface area contributed by atoms with Gasteiger partial charge in [0.1, 0.15) is 5.82 Å². The van der Waals surface area contributed by atoms with Gasteiger partial charge in [0.2, 0.25) is 0 Å². The molecule has 0 aliphatic rings. The Morgan fingerprint density at radius 2 is 1.54 bits per heavy atom. The summed E-state index contributed by atoms with van der Waals surface area (Å²) >= 11 is 6.04. The molecule has 2 aromatic heterocycles. The zero-order valence-corrected chi connectivity index (χ0v) is 14.1. The molecular formula is C18H20ClN5. The van der Waals surface area contributed by atoms with E-state index >= 15 is 0 Å². The van der Waals surface area contributed by atoms with Crippen molar-refractivity contribution >= 4 is 34.0 Å².